The summed E-state index contributed by atoms with van der Waals surface area (Å²) in [6, 6.07) is 6.90. The second kappa shape index (κ2) is 4.66. The molecule has 1 aromatic carbocycles. The van der Waals surface area contributed by atoms with Crippen LogP contribution in [0.2, 0.25) is 0 Å². The zero-order valence-corrected chi connectivity index (χ0v) is 12.4. The Morgan fingerprint density at radius 1 is 1.05 bits per heavy atom. The number of nitrogens with one attached hydrogen (secondary N) is 1. The summed E-state index contributed by atoms with van der Waals surface area (Å²) in [4.78, 5) is 37.8. The summed E-state index contributed by atoms with van der Waals surface area (Å²) in [7, 11) is 0. The van der Waals surface area contributed by atoms with E-state index in [4.69, 9.17) is 0 Å². The predicted octanol–water partition coefficient (Wildman–Crippen LogP) is 2.18. The van der Waals surface area contributed by atoms with Gasteiger partial charge in [-0.25, -0.2) is 0 Å². The first-order valence-corrected chi connectivity index (χ1v) is 7.81. The zero-order valence-electron chi connectivity index (χ0n) is 12.4. The molecule has 5 heteroatoms. The van der Waals surface area contributed by atoms with Crippen LogP contribution < -0.4 is 10.2 Å². The fourth-order valence-corrected chi connectivity index (χ4v) is 4.56. The molecule has 4 rings (SSSR count). The minimum absolute atomic E-state index is 0.0329. The molecule has 0 spiro atoms. The van der Waals surface area contributed by atoms with Gasteiger partial charge in [0.25, 0.3) is 0 Å². The molecule has 22 heavy (non-hydrogen) atoms. The summed E-state index contributed by atoms with van der Waals surface area (Å²) in [5.41, 5.74) is 1.27. The highest BCUT2D eigenvalue weighted by atomic mass is 16.2. The number of rotatable bonds is 2. The van der Waals surface area contributed by atoms with Gasteiger partial charge in [-0.3, -0.25) is 19.3 Å². The standard InChI is InChI=1S/C17H18N2O3/c1-9(20)18-12-4-6-13(7-5-12)19-16(21)14-10-2-3-11(8-10)15(14)17(19)22/h4-7,10-11,14-15H,2-3,8H2,1H3,(H,18,20)/t10-,11+,14-,15-/m0/s1. The highest BCUT2D eigenvalue weighted by Crippen LogP contribution is 2.56. The van der Waals surface area contributed by atoms with Crippen molar-refractivity contribution in [2.75, 3.05) is 10.2 Å². The number of amides is 3. The van der Waals surface area contributed by atoms with Gasteiger partial charge in [-0.15, -0.1) is 0 Å². The van der Waals surface area contributed by atoms with Crippen molar-refractivity contribution >= 4 is 29.1 Å². The number of nitrogens with zero attached hydrogens (tertiary/aromatic N) is 1. The smallest absolute Gasteiger partial charge is 0.237 e. The van der Waals surface area contributed by atoms with Gasteiger partial charge in [-0.05, 0) is 55.4 Å². The van der Waals surface area contributed by atoms with Crippen LogP contribution in [-0.2, 0) is 14.4 Å². The van der Waals surface area contributed by atoms with Gasteiger partial charge in [0.05, 0.1) is 17.5 Å². The normalized spacial score (nSPS) is 32.5. The minimum atomic E-state index is -0.146. The highest BCUT2D eigenvalue weighted by Gasteiger charge is 2.61. The molecule has 2 saturated carbocycles. The van der Waals surface area contributed by atoms with Crippen molar-refractivity contribution in [3.63, 3.8) is 0 Å². The Hall–Kier alpha value is -2.17. The third kappa shape index (κ3) is 1.81. The van der Waals surface area contributed by atoms with E-state index in [9.17, 15) is 14.4 Å². The maximum Gasteiger partial charge on any atom is 0.237 e. The lowest BCUT2D eigenvalue weighted by Crippen LogP contribution is -2.32. The van der Waals surface area contributed by atoms with Crippen molar-refractivity contribution in [1.82, 2.24) is 0 Å². The molecule has 0 radical (unpaired) electrons. The van der Waals surface area contributed by atoms with Crippen LogP contribution in [0.5, 0.6) is 0 Å². The van der Waals surface area contributed by atoms with E-state index < -0.39 is 0 Å². The number of imide groups is 1. The highest BCUT2D eigenvalue weighted by molar-refractivity contribution is 6.22. The monoisotopic (exact) mass is 298 g/mol. The van der Waals surface area contributed by atoms with Crippen LogP contribution in [0.15, 0.2) is 24.3 Å². The van der Waals surface area contributed by atoms with Crippen molar-refractivity contribution in [2.45, 2.75) is 26.2 Å². The van der Waals surface area contributed by atoms with E-state index in [1.165, 1.54) is 11.8 Å². The van der Waals surface area contributed by atoms with Crippen LogP contribution >= 0.6 is 0 Å². The van der Waals surface area contributed by atoms with Crippen LogP contribution in [0.1, 0.15) is 26.2 Å². The van der Waals surface area contributed by atoms with Gasteiger partial charge < -0.3 is 5.32 Å². The Morgan fingerprint density at radius 3 is 2.09 bits per heavy atom. The number of hydrogen-bond acceptors (Lipinski definition) is 3. The summed E-state index contributed by atoms with van der Waals surface area (Å²) >= 11 is 0. The van der Waals surface area contributed by atoms with Crippen molar-refractivity contribution < 1.29 is 14.4 Å². The number of carbonyl (C=O) groups excluding carboxylic acids is 3. The largest absolute Gasteiger partial charge is 0.326 e. The van der Waals surface area contributed by atoms with Crippen molar-refractivity contribution in [3.05, 3.63) is 24.3 Å². The number of benzene rings is 1. The molecule has 1 N–H and O–H groups in total. The van der Waals surface area contributed by atoms with Crippen LogP contribution in [0.25, 0.3) is 0 Å². The van der Waals surface area contributed by atoms with Crippen LogP contribution in [0.4, 0.5) is 11.4 Å². The van der Waals surface area contributed by atoms with E-state index in [1.807, 2.05) is 0 Å². The number of fused-ring (bicyclic) bond motifs is 5. The fraction of sp³-hybridized carbons (Fsp3) is 0.471. The van der Waals surface area contributed by atoms with Gasteiger partial charge in [0.15, 0.2) is 0 Å². The summed E-state index contributed by atoms with van der Waals surface area (Å²) in [6.45, 7) is 1.44. The van der Waals surface area contributed by atoms with Crippen LogP contribution in [0, 0.1) is 23.7 Å². The van der Waals surface area contributed by atoms with Gasteiger partial charge in [-0.1, -0.05) is 0 Å². The molecule has 3 aliphatic rings. The fourth-order valence-electron chi connectivity index (χ4n) is 4.56. The molecule has 3 amide bonds. The zero-order chi connectivity index (χ0) is 15.4. The first-order valence-electron chi connectivity index (χ1n) is 7.81. The van der Waals surface area contributed by atoms with E-state index in [1.54, 1.807) is 24.3 Å². The van der Waals surface area contributed by atoms with E-state index >= 15 is 0 Å². The molecule has 1 aromatic rings. The van der Waals surface area contributed by atoms with Crippen molar-refractivity contribution in [3.8, 4) is 0 Å². The quantitative estimate of drug-likeness (QED) is 0.851. The summed E-state index contributed by atoms with van der Waals surface area (Å²) in [5.74, 6) is 0.392. The Kier molecular flexibility index (Phi) is 2.86. The van der Waals surface area contributed by atoms with Crippen LogP contribution in [0.3, 0.4) is 0 Å². The molecular weight excluding hydrogens is 280 g/mol. The Labute approximate surface area is 128 Å². The third-order valence-electron chi connectivity index (χ3n) is 5.37. The molecule has 4 atom stereocenters. The summed E-state index contributed by atoms with van der Waals surface area (Å²) < 4.78 is 0. The molecule has 2 bridgehead atoms. The van der Waals surface area contributed by atoms with E-state index in [0.29, 0.717) is 23.2 Å². The van der Waals surface area contributed by atoms with E-state index in [2.05, 4.69) is 5.32 Å². The molecule has 1 heterocycles. The topological polar surface area (TPSA) is 66.5 Å². The molecule has 5 nitrogen and oxygen atoms in total. The lowest BCUT2D eigenvalue weighted by molar-refractivity contribution is -0.123. The molecule has 0 unspecified atom stereocenters. The molecule has 2 aliphatic carbocycles. The second-order valence-corrected chi connectivity index (χ2v) is 6.62. The van der Waals surface area contributed by atoms with Crippen molar-refractivity contribution in [2.24, 2.45) is 23.7 Å². The van der Waals surface area contributed by atoms with Crippen LogP contribution in [-0.4, -0.2) is 17.7 Å². The van der Waals surface area contributed by atoms with E-state index in [0.717, 1.165) is 19.3 Å². The van der Waals surface area contributed by atoms with Gasteiger partial charge >= 0.3 is 0 Å². The molecule has 114 valence electrons. The van der Waals surface area contributed by atoms with E-state index in [-0.39, 0.29) is 29.6 Å². The minimum Gasteiger partial charge on any atom is -0.326 e. The SMILES string of the molecule is CC(=O)Nc1ccc(N2C(=O)[C@H]3[C@@H]4CC[C@@H](C4)[C@@H]3C2=O)cc1. The first-order chi connectivity index (χ1) is 10.6. The Morgan fingerprint density at radius 2 is 1.59 bits per heavy atom. The average molecular weight is 298 g/mol. The third-order valence-corrected chi connectivity index (χ3v) is 5.37. The molecule has 1 aliphatic heterocycles. The number of hydrogen-bond donors (Lipinski definition) is 1. The summed E-state index contributed by atoms with van der Waals surface area (Å²) in [6.07, 6.45) is 3.21. The second-order valence-electron chi connectivity index (χ2n) is 6.62. The Bertz CT molecular complexity index is 639. The first kappa shape index (κ1) is 13.5. The number of carbonyl (C=O) groups is 3. The van der Waals surface area contributed by atoms with Gasteiger partial charge in [0, 0.05) is 12.6 Å². The average Bonchev–Trinajstić information content (AvgIpc) is 3.14. The predicted molar refractivity (Wildman–Crippen MR) is 81.0 cm³/mol. The van der Waals surface area contributed by atoms with Gasteiger partial charge in [0.1, 0.15) is 0 Å². The van der Waals surface area contributed by atoms with Crippen molar-refractivity contribution in [1.29, 1.82) is 0 Å². The molecule has 0 aromatic heterocycles. The lowest BCUT2D eigenvalue weighted by atomic mass is 9.81. The maximum absolute atomic E-state index is 12.7. The molecule has 3 fully saturated rings. The molecule has 1 saturated heterocycles. The Balaban J connectivity index is 1.62. The number of anilines is 2. The van der Waals surface area contributed by atoms with Gasteiger partial charge in [0.2, 0.25) is 17.7 Å². The lowest BCUT2D eigenvalue weighted by Gasteiger charge is -2.19. The summed E-state index contributed by atoms with van der Waals surface area (Å²) in [5, 5.41) is 2.68. The molecular formula is C17H18N2O3. The maximum atomic E-state index is 12.7. The van der Waals surface area contributed by atoms with Gasteiger partial charge in [-0.2, -0.15) is 0 Å².